The molecule has 0 aromatic heterocycles. The van der Waals surface area contributed by atoms with E-state index < -0.39 is 0 Å². The Balaban J connectivity index is 2.47. The first kappa shape index (κ1) is 10.1. The molecule has 78 valence electrons. The summed E-state index contributed by atoms with van der Waals surface area (Å²) in [6.45, 7) is 1.24. The highest BCUT2D eigenvalue weighted by atomic mass is 35.5. The Hall–Kier alpha value is -1.40. The van der Waals surface area contributed by atoms with E-state index in [1.165, 1.54) is 0 Å². The summed E-state index contributed by atoms with van der Waals surface area (Å²) < 4.78 is 11.0. The molecular formula is C11H10ClNO2. The first-order valence-electron chi connectivity index (χ1n) is 4.77. The molecule has 1 aliphatic rings. The number of hydrogen-bond donors (Lipinski definition) is 0. The topological polar surface area (TPSA) is 42.2 Å². The SMILES string of the molecule is N#CCc1c(Cl)ccc2c1OCCCO2. The Labute approximate surface area is 93.2 Å². The summed E-state index contributed by atoms with van der Waals surface area (Å²) in [6, 6.07) is 5.59. The molecule has 0 aliphatic carbocycles. The Morgan fingerprint density at radius 1 is 1.33 bits per heavy atom. The molecule has 1 aromatic carbocycles. The maximum Gasteiger partial charge on any atom is 0.166 e. The van der Waals surface area contributed by atoms with Crippen LogP contribution in [0.1, 0.15) is 12.0 Å². The first-order valence-corrected chi connectivity index (χ1v) is 5.14. The molecule has 0 amide bonds. The highest BCUT2D eigenvalue weighted by Gasteiger charge is 2.17. The van der Waals surface area contributed by atoms with Crippen molar-refractivity contribution >= 4 is 11.6 Å². The van der Waals surface area contributed by atoms with E-state index in [0.29, 0.717) is 29.7 Å². The van der Waals surface area contributed by atoms with Crippen LogP contribution >= 0.6 is 11.6 Å². The first-order chi connectivity index (χ1) is 7.33. The zero-order valence-electron chi connectivity index (χ0n) is 8.12. The van der Waals surface area contributed by atoms with Crippen LogP contribution in [0.2, 0.25) is 5.02 Å². The van der Waals surface area contributed by atoms with Crippen molar-refractivity contribution in [3.63, 3.8) is 0 Å². The number of fused-ring (bicyclic) bond motifs is 1. The molecule has 0 spiro atoms. The highest BCUT2D eigenvalue weighted by Crippen LogP contribution is 2.37. The van der Waals surface area contributed by atoms with Gasteiger partial charge in [0.15, 0.2) is 11.5 Å². The zero-order valence-corrected chi connectivity index (χ0v) is 8.88. The van der Waals surface area contributed by atoms with Gasteiger partial charge in [-0.2, -0.15) is 5.26 Å². The van der Waals surface area contributed by atoms with E-state index in [-0.39, 0.29) is 6.42 Å². The van der Waals surface area contributed by atoms with Crippen molar-refractivity contribution in [3.05, 3.63) is 22.7 Å². The van der Waals surface area contributed by atoms with Crippen LogP contribution in [0.4, 0.5) is 0 Å². The fraction of sp³-hybridized carbons (Fsp3) is 0.364. The molecule has 0 saturated carbocycles. The van der Waals surface area contributed by atoms with Crippen LogP contribution < -0.4 is 9.47 Å². The third kappa shape index (κ3) is 2.00. The minimum absolute atomic E-state index is 0.241. The normalized spacial score (nSPS) is 14.1. The van der Waals surface area contributed by atoms with Crippen LogP contribution in [0.5, 0.6) is 11.5 Å². The monoisotopic (exact) mass is 223 g/mol. The van der Waals surface area contributed by atoms with Crippen LogP contribution in [0, 0.1) is 11.3 Å². The molecule has 1 aromatic rings. The van der Waals surface area contributed by atoms with Gasteiger partial charge < -0.3 is 9.47 Å². The maximum absolute atomic E-state index is 8.71. The molecular weight excluding hydrogens is 214 g/mol. The molecule has 0 saturated heterocycles. The lowest BCUT2D eigenvalue weighted by atomic mass is 10.1. The average Bonchev–Trinajstić information content (AvgIpc) is 2.47. The lowest BCUT2D eigenvalue weighted by Gasteiger charge is -2.11. The minimum Gasteiger partial charge on any atom is -0.490 e. The van der Waals surface area contributed by atoms with Crippen molar-refractivity contribution in [1.82, 2.24) is 0 Å². The van der Waals surface area contributed by atoms with Gasteiger partial charge in [-0.25, -0.2) is 0 Å². The maximum atomic E-state index is 8.71. The molecule has 0 bridgehead atoms. The second-order valence-electron chi connectivity index (χ2n) is 3.24. The summed E-state index contributed by atoms with van der Waals surface area (Å²) in [5.41, 5.74) is 0.721. The van der Waals surface area contributed by atoms with E-state index in [2.05, 4.69) is 6.07 Å². The van der Waals surface area contributed by atoms with E-state index in [9.17, 15) is 0 Å². The summed E-state index contributed by atoms with van der Waals surface area (Å²) in [4.78, 5) is 0. The van der Waals surface area contributed by atoms with Gasteiger partial charge in [0.1, 0.15) is 0 Å². The zero-order chi connectivity index (χ0) is 10.7. The van der Waals surface area contributed by atoms with Gasteiger partial charge in [-0.1, -0.05) is 11.6 Å². The minimum atomic E-state index is 0.241. The molecule has 4 heteroatoms. The summed E-state index contributed by atoms with van der Waals surface area (Å²) in [6.07, 6.45) is 1.09. The number of nitrogens with zero attached hydrogens (tertiary/aromatic N) is 1. The van der Waals surface area contributed by atoms with Crippen LogP contribution in [0.3, 0.4) is 0 Å². The molecule has 3 nitrogen and oxygen atoms in total. The molecule has 15 heavy (non-hydrogen) atoms. The average molecular weight is 224 g/mol. The fourth-order valence-electron chi connectivity index (χ4n) is 1.51. The second-order valence-corrected chi connectivity index (χ2v) is 3.65. The second kappa shape index (κ2) is 4.41. The summed E-state index contributed by atoms with van der Waals surface area (Å²) in [5.74, 6) is 1.31. The summed E-state index contributed by atoms with van der Waals surface area (Å²) in [7, 11) is 0. The van der Waals surface area contributed by atoms with Crippen LogP contribution in [-0.4, -0.2) is 13.2 Å². The van der Waals surface area contributed by atoms with E-state index in [4.69, 9.17) is 26.3 Å². The van der Waals surface area contributed by atoms with Gasteiger partial charge >= 0.3 is 0 Å². The van der Waals surface area contributed by atoms with Crippen LogP contribution in [0.15, 0.2) is 12.1 Å². The van der Waals surface area contributed by atoms with Gasteiger partial charge in [0.05, 0.1) is 25.7 Å². The molecule has 1 aliphatic heterocycles. The van der Waals surface area contributed by atoms with Crippen molar-refractivity contribution in [2.75, 3.05) is 13.2 Å². The molecule has 0 fully saturated rings. The molecule has 0 unspecified atom stereocenters. The molecule has 1 heterocycles. The standard InChI is InChI=1S/C11H10ClNO2/c12-9-2-3-10-11(8(9)4-5-13)15-7-1-6-14-10/h2-3H,1,4,6-7H2. The molecule has 2 rings (SSSR count). The Morgan fingerprint density at radius 2 is 2.13 bits per heavy atom. The smallest absolute Gasteiger partial charge is 0.166 e. The van der Waals surface area contributed by atoms with Gasteiger partial charge in [0, 0.05) is 17.0 Å². The molecule has 0 atom stereocenters. The third-order valence-electron chi connectivity index (χ3n) is 2.22. The Kier molecular flexibility index (Phi) is 2.98. The van der Waals surface area contributed by atoms with Gasteiger partial charge in [0.2, 0.25) is 0 Å². The molecule has 0 radical (unpaired) electrons. The number of ether oxygens (including phenoxy) is 2. The predicted molar refractivity (Wildman–Crippen MR) is 56.4 cm³/mol. The summed E-state index contributed by atoms with van der Waals surface area (Å²) >= 11 is 6.01. The fourth-order valence-corrected chi connectivity index (χ4v) is 1.73. The highest BCUT2D eigenvalue weighted by molar-refractivity contribution is 6.31. The Morgan fingerprint density at radius 3 is 2.93 bits per heavy atom. The number of halogens is 1. The number of hydrogen-bond acceptors (Lipinski definition) is 3. The van der Waals surface area contributed by atoms with Gasteiger partial charge in [0.25, 0.3) is 0 Å². The van der Waals surface area contributed by atoms with Gasteiger partial charge in [-0.05, 0) is 12.1 Å². The number of rotatable bonds is 1. The van der Waals surface area contributed by atoms with E-state index >= 15 is 0 Å². The van der Waals surface area contributed by atoms with E-state index in [0.717, 1.165) is 12.0 Å². The molecule has 0 N–H and O–H groups in total. The van der Waals surface area contributed by atoms with Crippen LogP contribution in [-0.2, 0) is 6.42 Å². The van der Waals surface area contributed by atoms with Crippen molar-refractivity contribution < 1.29 is 9.47 Å². The number of nitriles is 1. The van der Waals surface area contributed by atoms with Crippen LogP contribution in [0.25, 0.3) is 0 Å². The van der Waals surface area contributed by atoms with Crippen molar-refractivity contribution in [3.8, 4) is 17.6 Å². The van der Waals surface area contributed by atoms with Gasteiger partial charge in [-0.3, -0.25) is 0 Å². The third-order valence-corrected chi connectivity index (χ3v) is 2.57. The van der Waals surface area contributed by atoms with Crippen molar-refractivity contribution in [1.29, 1.82) is 5.26 Å². The quantitative estimate of drug-likeness (QED) is 0.735. The number of benzene rings is 1. The predicted octanol–water partition coefficient (Wildman–Crippen LogP) is 2.57. The Bertz CT molecular complexity index is 412. The van der Waals surface area contributed by atoms with Crippen molar-refractivity contribution in [2.45, 2.75) is 12.8 Å². The van der Waals surface area contributed by atoms with E-state index in [1.807, 2.05) is 0 Å². The van der Waals surface area contributed by atoms with Crippen molar-refractivity contribution in [2.24, 2.45) is 0 Å². The lowest BCUT2D eigenvalue weighted by molar-refractivity contribution is 0.296. The van der Waals surface area contributed by atoms with E-state index in [1.54, 1.807) is 12.1 Å². The largest absolute Gasteiger partial charge is 0.490 e. The lowest BCUT2D eigenvalue weighted by Crippen LogP contribution is -1.98. The summed E-state index contributed by atoms with van der Waals surface area (Å²) in [5, 5.41) is 9.27. The van der Waals surface area contributed by atoms with Gasteiger partial charge in [-0.15, -0.1) is 0 Å².